The van der Waals surface area contributed by atoms with Gasteiger partial charge in [-0.2, -0.15) is 5.10 Å². The molecule has 0 spiro atoms. The van der Waals surface area contributed by atoms with Crippen LogP contribution in [0.3, 0.4) is 0 Å². The van der Waals surface area contributed by atoms with E-state index in [4.69, 9.17) is 5.73 Å². The van der Waals surface area contributed by atoms with Gasteiger partial charge in [-0.1, -0.05) is 0 Å². The van der Waals surface area contributed by atoms with Crippen LogP contribution in [-0.4, -0.2) is 14.6 Å². The summed E-state index contributed by atoms with van der Waals surface area (Å²) in [5.41, 5.74) is 7.53. The molecule has 0 aliphatic heterocycles. The first-order valence-electron chi connectivity index (χ1n) is 3.82. The Morgan fingerprint density at radius 2 is 2.42 bits per heavy atom. The fraction of sp³-hybridized carbons (Fsp3) is 0.250. The van der Waals surface area contributed by atoms with Crippen LogP contribution >= 0.6 is 0 Å². The number of nitrogens with two attached hydrogens (primary N) is 1. The van der Waals surface area contributed by atoms with Crippen molar-refractivity contribution in [1.82, 2.24) is 14.6 Å². The molecule has 4 nitrogen and oxygen atoms in total. The van der Waals surface area contributed by atoms with Gasteiger partial charge in [-0.15, -0.1) is 0 Å². The van der Waals surface area contributed by atoms with Crippen molar-refractivity contribution in [3.05, 3.63) is 30.2 Å². The predicted octanol–water partition coefficient (Wildman–Crippen LogP) is 0.749. The third-order valence-electron chi connectivity index (χ3n) is 1.79. The third kappa shape index (κ3) is 1.06. The van der Waals surface area contributed by atoms with Gasteiger partial charge in [0.25, 0.3) is 0 Å². The van der Waals surface area contributed by atoms with E-state index in [1.807, 2.05) is 19.2 Å². The van der Waals surface area contributed by atoms with Gasteiger partial charge in [0.1, 0.15) is 0 Å². The van der Waals surface area contributed by atoms with Gasteiger partial charge in [-0.3, -0.25) is 0 Å². The number of nitrogens with zero attached hydrogens (tertiary/aromatic N) is 3. The maximum Gasteiger partial charge on any atom is 0.154 e. The van der Waals surface area contributed by atoms with Gasteiger partial charge in [0.05, 0.1) is 6.20 Å². The highest BCUT2D eigenvalue weighted by Gasteiger charge is 2.01. The van der Waals surface area contributed by atoms with Crippen LogP contribution in [0.1, 0.15) is 18.5 Å². The van der Waals surface area contributed by atoms with Crippen LogP contribution in [0.15, 0.2) is 24.7 Å². The van der Waals surface area contributed by atoms with E-state index >= 15 is 0 Å². The topological polar surface area (TPSA) is 56.2 Å². The Hall–Kier alpha value is -1.42. The van der Waals surface area contributed by atoms with Crippen LogP contribution < -0.4 is 5.73 Å². The second kappa shape index (κ2) is 2.57. The summed E-state index contributed by atoms with van der Waals surface area (Å²) in [6.45, 7) is 1.92. The monoisotopic (exact) mass is 162 g/mol. The largest absolute Gasteiger partial charge is 0.324 e. The molecule has 0 saturated heterocycles. The highest BCUT2D eigenvalue weighted by atomic mass is 15.2. The quantitative estimate of drug-likeness (QED) is 0.673. The highest BCUT2D eigenvalue weighted by Crippen LogP contribution is 2.07. The zero-order valence-electron chi connectivity index (χ0n) is 6.81. The summed E-state index contributed by atoms with van der Waals surface area (Å²) in [6.07, 6.45) is 5.39. The molecule has 0 amide bonds. The Morgan fingerprint density at radius 3 is 3.17 bits per heavy atom. The Kier molecular flexibility index (Phi) is 1.55. The lowest BCUT2D eigenvalue weighted by Gasteiger charge is -2.03. The van der Waals surface area contributed by atoms with Crippen molar-refractivity contribution in [2.45, 2.75) is 13.0 Å². The van der Waals surface area contributed by atoms with Gasteiger partial charge in [0.2, 0.25) is 0 Å². The first kappa shape index (κ1) is 7.24. The molecule has 0 saturated carbocycles. The van der Waals surface area contributed by atoms with Crippen LogP contribution in [0, 0.1) is 0 Å². The summed E-state index contributed by atoms with van der Waals surface area (Å²) < 4.78 is 1.72. The summed E-state index contributed by atoms with van der Waals surface area (Å²) in [7, 11) is 0. The molecule has 2 aromatic rings. The molecular formula is C8H10N4. The SMILES string of the molecule is C[C@@H](N)c1cnc2ccnn2c1. The number of aromatic nitrogens is 3. The van der Waals surface area contributed by atoms with E-state index in [0.29, 0.717) is 0 Å². The normalized spacial score (nSPS) is 13.5. The standard InChI is InChI=1S/C8H10N4/c1-6(9)7-4-10-8-2-3-11-12(8)5-7/h2-6H,9H2,1H3/t6-/m1/s1. The lowest BCUT2D eigenvalue weighted by atomic mass is 10.2. The van der Waals surface area contributed by atoms with Gasteiger partial charge in [0, 0.05) is 30.1 Å². The van der Waals surface area contributed by atoms with Crippen LogP contribution in [-0.2, 0) is 0 Å². The first-order valence-corrected chi connectivity index (χ1v) is 3.82. The summed E-state index contributed by atoms with van der Waals surface area (Å²) in [5.74, 6) is 0. The molecule has 2 aromatic heterocycles. The smallest absolute Gasteiger partial charge is 0.154 e. The molecule has 62 valence electrons. The van der Waals surface area contributed by atoms with Crippen LogP contribution in [0.25, 0.3) is 5.65 Å². The summed E-state index contributed by atoms with van der Waals surface area (Å²) >= 11 is 0. The Morgan fingerprint density at radius 1 is 1.58 bits per heavy atom. The summed E-state index contributed by atoms with van der Waals surface area (Å²) in [5, 5.41) is 4.06. The molecule has 4 heteroatoms. The fourth-order valence-corrected chi connectivity index (χ4v) is 1.06. The van der Waals surface area contributed by atoms with Crippen molar-refractivity contribution < 1.29 is 0 Å². The van der Waals surface area contributed by atoms with Crippen LogP contribution in [0.5, 0.6) is 0 Å². The molecule has 0 aliphatic carbocycles. The van der Waals surface area contributed by atoms with E-state index in [2.05, 4.69) is 10.1 Å². The third-order valence-corrected chi connectivity index (χ3v) is 1.79. The average molecular weight is 162 g/mol. The minimum atomic E-state index is 0.00565. The zero-order chi connectivity index (χ0) is 8.55. The van der Waals surface area contributed by atoms with E-state index in [-0.39, 0.29) is 6.04 Å². The van der Waals surface area contributed by atoms with Crippen molar-refractivity contribution in [3.8, 4) is 0 Å². The Labute approximate surface area is 70.0 Å². The number of rotatable bonds is 1. The van der Waals surface area contributed by atoms with E-state index in [1.165, 1.54) is 0 Å². The number of fused-ring (bicyclic) bond motifs is 1. The Balaban J connectivity index is 2.60. The van der Waals surface area contributed by atoms with Crippen LogP contribution in [0.2, 0.25) is 0 Å². The predicted molar refractivity (Wildman–Crippen MR) is 45.6 cm³/mol. The molecule has 2 heterocycles. The van der Waals surface area contributed by atoms with Crippen molar-refractivity contribution in [2.24, 2.45) is 5.73 Å². The van der Waals surface area contributed by atoms with Gasteiger partial charge in [-0.05, 0) is 6.92 Å². The Bertz CT molecular complexity index is 391. The molecule has 12 heavy (non-hydrogen) atoms. The van der Waals surface area contributed by atoms with Gasteiger partial charge >= 0.3 is 0 Å². The van der Waals surface area contributed by atoms with Crippen molar-refractivity contribution in [2.75, 3.05) is 0 Å². The van der Waals surface area contributed by atoms with E-state index in [0.717, 1.165) is 11.2 Å². The summed E-state index contributed by atoms with van der Waals surface area (Å²) in [4.78, 5) is 4.18. The molecule has 0 radical (unpaired) electrons. The molecule has 0 aliphatic rings. The number of hydrogen-bond acceptors (Lipinski definition) is 3. The maximum absolute atomic E-state index is 5.69. The van der Waals surface area contributed by atoms with E-state index in [9.17, 15) is 0 Å². The lowest BCUT2D eigenvalue weighted by Crippen LogP contribution is -2.07. The molecule has 2 N–H and O–H groups in total. The number of hydrogen-bond donors (Lipinski definition) is 1. The van der Waals surface area contributed by atoms with Crippen molar-refractivity contribution >= 4 is 5.65 Å². The fourth-order valence-electron chi connectivity index (χ4n) is 1.06. The molecular weight excluding hydrogens is 152 g/mol. The minimum absolute atomic E-state index is 0.00565. The van der Waals surface area contributed by atoms with Gasteiger partial charge in [-0.25, -0.2) is 9.50 Å². The minimum Gasteiger partial charge on any atom is -0.324 e. The average Bonchev–Trinajstić information content (AvgIpc) is 2.49. The van der Waals surface area contributed by atoms with Crippen molar-refractivity contribution in [1.29, 1.82) is 0 Å². The van der Waals surface area contributed by atoms with E-state index in [1.54, 1.807) is 16.9 Å². The van der Waals surface area contributed by atoms with Gasteiger partial charge < -0.3 is 5.73 Å². The molecule has 0 unspecified atom stereocenters. The second-order valence-corrected chi connectivity index (χ2v) is 2.81. The molecule has 0 bridgehead atoms. The van der Waals surface area contributed by atoms with Crippen LogP contribution in [0.4, 0.5) is 0 Å². The molecule has 1 atom stereocenters. The summed E-state index contributed by atoms with van der Waals surface area (Å²) in [6, 6.07) is 1.86. The maximum atomic E-state index is 5.69. The highest BCUT2D eigenvalue weighted by molar-refractivity contribution is 5.36. The second-order valence-electron chi connectivity index (χ2n) is 2.81. The zero-order valence-corrected chi connectivity index (χ0v) is 6.81. The molecule has 0 aromatic carbocycles. The van der Waals surface area contributed by atoms with E-state index < -0.39 is 0 Å². The van der Waals surface area contributed by atoms with Gasteiger partial charge in [0.15, 0.2) is 5.65 Å². The van der Waals surface area contributed by atoms with Crippen molar-refractivity contribution in [3.63, 3.8) is 0 Å². The first-order chi connectivity index (χ1) is 5.77. The molecule has 2 rings (SSSR count). The lowest BCUT2D eigenvalue weighted by molar-refractivity contribution is 0.786. The molecule has 0 fully saturated rings.